The van der Waals surface area contributed by atoms with Crippen molar-refractivity contribution in [2.45, 2.75) is 44.8 Å². The van der Waals surface area contributed by atoms with Gasteiger partial charge in [0, 0.05) is 19.2 Å². The van der Waals surface area contributed by atoms with Crippen LogP contribution in [0.25, 0.3) is 0 Å². The van der Waals surface area contributed by atoms with E-state index in [0.717, 1.165) is 0 Å². The van der Waals surface area contributed by atoms with Crippen molar-refractivity contribution in [1.29, 1.82) is 0 Å². The Morgan fingerprint density at radius 3 is 2.79 bits per heavy atom. The third-order valence-electron chi connectivity index (χ3n) is 5.06. The minimum atomic E-state index is -0.803. The molecule has 1 saturated heterocycles. The minimum Gasteiger partial charge on any atom is -0.358 e. The van der Waals surface area contributed by atoms with Crippen LogP contribution in [0.2, 0.25) is 0 Å². The van der Waals surface area contributed by atoms with Crippen LogP contribution in [0.4, 0.5) is 4.39 Å². The lowest BCUT2D eigenvalue weighted by Crippen LogP contribution is -2.41. The molecule has 2 heterocycles. The molecule has 1 aliphatic rings. The molecule has 0 radical (unpaired) electrons. The van der Waals surface area contributed by atoms with Crippen LogP contribution < -0.4 is 16.0 Å². The number of aryl methyl sites for hydroxylation is 1. The van der Waals surface area contributed by atoms with Crippen molar-refractivity contribution >= 4 is 11.8 Å². The second-order valence-electron chi connectivity index (χ2n) is 7.59. The largest absolute Gasteiger partial charge is 0.358 e. The van der Waals surface area contributed by atoms with E-state index in [1.54, 1.807) is 37.0 Å². The second kappa shape index (κ2) is 7.67. The van der Waals surface area contributed by atoms with Gasteiger partial charge < -0.3 is 16.0 Å². The maximum atomic E-state index is 13.7. The second-order valence-corrected chi connectivity index (χ2v) is 7.59. The Kier molecular flexibility index (Phi) is 5.46. The van der Waals surface area contributed by atoms with Crippen LogP contribution in [0.15, 0.2) is 24.4 Å². The summed E-state index contributed by atoms with van der Waals surface area (Å²) in [7, 11) is 1.61. The van der Waals surface area contributed by atoms with Crippen LogP contribution in [0.3, 0.4) is 0 Å². The Bertz CT molecular complexity index is 894. The minimum absolute atomic E-state index is 0.00115. The van der Waals surface area contributed by atoms with Crippen molar-refractivity contribution in [3.05, 3.63) is 47.0 Å². The standard InChI is InChI=1S/C19H25FN6O2/c1-11-5-6-12(7-14(11)20)17(27)23-19(2,3)16-10-26(25-24-16)13-8-15(22-9-13)18(28)21-4/h5-7,10,13,15,22H,8-9H2,1-4H3,(H,21,28)(H,23,27)/t13-,15-/m0/s1. The molecule has 1 aromatic carbocycles. The van der Waals surface area contributed by atoms with Crippen LogP contribution in [-0.4, -0.2) is 46.4 Å². The highest BCUT2D eigenvalue weighted by Crippen LogP contribution is 2.23. The van der Waals surface area contributed by atoms with E-state index < -0.39 is 11.4 Å². The maximum absolute atomic E-state index is 13.7. The van der Waals surface area contributed by atoms with E-state index in [0.29, 0.717) is 24.2 Å². The molecule has 0 spiro atoms. The molecule has 1 aromatic heterocycles. The van der Waals surface area contributed by atoms with Crippen molar-refractivity contribution in [3.8, 4) is 0 Å². The normalized spacial score (nSPS) is 19.5. The van der Waals surface area contributed by atoms with Gasteiger partial charge >= 0.3 is 0 Å². The molecule has 2 aromatic rings. The van der Waals surface area contributed by atoms with Gasteiger partial charge in [0.15, 0.2) is 0 Å². The maximum Gasteiger partial charge on any atom is 0.252 e. The summed E-state index contributed by atoms with van der Waals surface area (Å²) >= 11 is 0. The number of carbonyl (C=O) groups excluding carboxylic acids is 2. The molecule has 0 bridgehead atoms. The summed E-state index contributed by atoms with van der Waals surface area (Å²) in [5.74, 6) is -0.864. The van der Waals surface area contributed by atoms with Crippen LogP contribution in [0.1, 0.15) is 47.9 Å². The predicted octanol–water partition coefficient (Wildman–Crippen LogP) is 1.04. The first-order valence-electron chi connectivity index (χ1n) is 9.17. The van der Waals surface area contributed by atoms with Gasteiger partial charge in [-0.3, -0.25) is 9.59 Å². The third kappa shape index (κ3) is 4.04. The van der Waals surface area contributed by atoms with Crippen LogP contribution >= 0.6 is 0 Å². The number of likely N-dealkylation sites (N-methyl/N-ethyl adjacent to an activating group) is 1. The zero-order valence-electron chi connectivity index (χ0n) is 16.4. The molecule has 9 heteroatoms. The summed E-state index contributed by atoms with van der Waals surface area (Å²) < 4.78 is 15.5. The number of hydrogen-bond acceptors (Lipinski definition) is 5. The molecule has 2 atom stereocenters. The molecule has 0 unspecified atom stereocenters. The highest BCUT2D eigenvalue weighted by molar-refractivity contribution is 5.94. The van der Waals surface area contributed by atoms with Crippen molar-refractivity contribution in [2.24, 2.45) is 0 Å². The SMILES string of the molecule is CNC(=O)[C@@H]1C[C@H](n2cc(C(C)(C)NC(=O)c3ccc(C)c(F)c3)nn2)CN1. The van der Waals surface area contributed by atoms with E-state index >= 15 is 0 Å². The van der Waals surface area contributed by atoms with Crippen LogP contribution in [-0.2, 0) is 10.3 Å². The average molecular weight is 388 g/mol. The fraction of sp³-hybridized carbons (Fsp3) is 0.474. The van der Waals surface area contributed by atoms with Gasteiger partial charge in [0.25, 0.3) is 5.91 Å². The van der Waals surface area contributed by atoms with Gasteiger partial charge in [0.2, 0.25) is 5.91 Å². The molecule has 0 saturated carbocycles. The fourth-order valence-corrected chi connectivity index (χ4v) is 3.19. The number of benzene rings is 1. The summed E-state index contributed by atoms with van der Waals surface area (Å²) in [6.07, 6.45) is 2.38. The summed E-state index contributed by atoms with van der Waals surface area (Å²) in [6, 6.07) is 4.13. The van der Waals surface area contributed by atoms with E-state index in [2.05, 4.69) is 26.3 Å². The molecule has 1 aliphatic heterocycles. The van der Waals surface area contributed by atoms with Crippen molar-refractivity contribution in [3.63, 3.8) is 0 Å². The van der Waals surface area contributed by atoms with Gasteiger partial charge in [-0.1, -0.05) is 11.3 Å². The van der Waals surface area contributed by atoms with Crippen LogP contribution in [0, 0.1) is 12.7 Å². The van der Waals surface area contributed by atoms with Gasteiger partial charge in [-0.2, -0.15) is 0 Å². The van der Waals surface area contributed by atoms with Gasteiger partial charge in [-0.25, -0.2) is 9.07 Å². The van der Waals surface area contributed by atoms with Gasteiger partial charge in [0.1, 0.15) is 11.5 Å². The van der Waals surface area contributed by atoms with Gasteiger partial charge in [0.05, 0.1) is 23.8 Å². The molecule has 28 heavy (non-hydrogen) atoms. The monoisotopic (exact) mass is 388 g/mol. The molecule has 3 rings (SSSR count). The number of nitrogens with zero attached hydrogens (tertiary/aromatic N) is 3. The van der Waals surface area contributed by atoms with Crippen molar-refractivity contribution < 1.29 is 14.0 Å². The van der Waals surface area contributed by atoms with E-state index in [4.69, 9.17) is 0 Å². The first kappa shape index (κ1) is 19.9. The number of aromatic nitrogens is 3. The average Bonchev–Trinajstić information content (AvgIpc) is 3.32. The molecule has 3 N–H and O–H groups in total. The number of amides is 2. The number of halogens is 1. The molecule has 1 fully saturated rings. The van der Waals surface area contributed by atoms with E-state index in [-0.39, 0.29) is 29.5 Å². The highest BCUT2D eigenvalue weighted by atomic mass is 19.1. The molecule has 150 valence electrons. The van der Waals surface area contributed by atoms with Crippen molar-refractivity contribution in [2.75, 3.05) is 13.6 Å². The zero-order chi connectivity index (χ0) is 20.5. The Balaban J connectivity index is 1.70. The molecular weight excluding hydrogens is 363 g/mol. The summed E-state index contributed by atoms with van der Waals surface area (Å²) in [4.78, 5) is 24.3. The molecular formula is C19H25FN6O2. The Labute approximate surface area is 162 Å². The topological polar surface area (TPSA) is 101 Å². The lowest BCUT2D eigenvalue weighted by Gasteiger charge is -2.24. The van der Waals surface area contributed by atoms with Gasteiger partial charge in [-0.15, -0.1) is 5.10 Å². The lowest BCUT2D eigenvalue weighted by atomic mass is 10.0. The molecule has 8 nitrogen and oxygen atoms in total. The number of nitrogens with one attached hydrogen (secondary N) is 3. The first-order valence-corrected chi connectivity index (χ1v) is 9.17. The zero-order valence-corrected chi connectivity index (χ0v) is 16.4. The molecule has 2 amide bonds. The smallest absolute Gasteiger partial charge is 0.252 e. The summed E-state index contributed by atoms with van der Waals surface area (Å²) in [5.41, 5.74) is 0.510. The van der Waals surface area contributed by atoms with E-state index in [9.17, 15) is 14.0 Å². The van der Waals surface area contributed by atoms with E-state index in [1.807, 2.05) is 13.8 Å². The Morgan fingerprint density at radius 2 is 2.11 bits per heavy atom. The Hall–Kier alpha value is -2.81. The Morgan fingerprint density at radius 1 is 1.36 bits per heavy atom. The third-order valence-corrected chi connectivity index (χ3v) is 5.06. The highest BCUT2D eigenvalue weighted by Gasteiger charge is 2.32. The number of rotatable bonds is 5. The molecule has 0 aliphatic carbocycles. The lowest BCUT2D eigenvalue weighted by molar-refractivity contribution is -0.122. The van der Waals surface area contributed by atoms with Crippen molar-refractivity contribution in [1.82, 2.24) is 30.9 Å². The first-order chi connectivity index (χ1) is 13.2. The predicted molar refractivity (Wildman–Crippen MR) is 101 cm³/mol. The van der Waals surface area contributed by atoms with Gasteiger partial charge in [-0.05, 0) is 44.9 Å². The van der Waals surface area contributed by atoms with E-state index in [1.165, 1.54) is 6.07 Å². The van der Waals surface area contributed by atoms with Crippen LogP contribution in [0.5, 0.6) is 0 Å². The summed E-state index contributed by atoms with van der Waals surface area (Å²) in [6.45, 7) is 5.87. The summed E-state index contributed by atoms with van der Waals surface area (Å²) in [5, 5.41) is 17.0. The fourth-order valence-electron chi connectivity index (χ4n) is 3.19. The number of carbonyl (C=O) groups is 2. The number of hydrogen-bond donors (Lipinski definition) is 3. The quantitative estimate of drug-likeness (QED) is 0.711.